The van der Waals surface area contributed by atoms with Crippen molar-refractivity contribution in [2.75, 3.05) is 0 Å². The molecule has 5 aromatic rings. The Morgan fingerprint density at radius 1 is 0.829 bits per heavy atom. The van der Waals surface area contributed by atoms with Gasteiger partial charge in [-0.25, -0.2) is 0 Å². The Kier molecular flexibility index (Phi) is 6.36. The number of nitrogens with zero attached hydrogens (tertiary/aromatic N) is 2. The highest BCUT2D eigenvalue weighted by molar-refractivity contribution is 6.02. The second-order valence-corrected chi connectivity index (χ2v) is 9.18. The van der Waals surface area contributed by atoms with E-state index < -0.39 is 5.92 Å². The topological polar surface area (TPSA) is 78.2 Å². The standard InChI is InChI=1S/C29H28N2O4/c1-19-15-24(31(2)30-19)18-25(26(32)7-3-20-5-9-28-22(16-20)11-13-34-28)27(33)8-4-21-6-10-29-23(17-21)12-14-35-29/h5-6,9-17,25H,3-4,7-8,18H2,1-2H3. The molecule has 0 unspecified atom stereocenters. The number of fused-ring (bicyclic) bond motifs is 2. The van der Waals surface area contributed by atoms with E-state index in [-0.39, 0.29) is 11.6 Å². The lowest BCUT2D eigenvalue weighted by atomic mass is 9.87. The average molecular weight is 469 g/mol. The summed E-state index contributed by atoms with van der Waals surface area (Å²) >= 11 is 0. The molecule has 6 heteroatoms. The van der Waals surface area contributed by atoms with E-state index in [4.69, 9.17) is 8.83 Å². The maximum absolute atomic E-state index is 13.4. The summed E-state index contributed by atoms with van der Waals surface area (Å²) in [5.41, 5.74) is 5.55. The van der Waals surface area contributed by atoms with Gasteiger partial charge in [-0.15, -0.1) is 0 Å². The summed E-state index contributed by atoms with van der Waals surface area (Å²) in [6.45, 7) is 1.92. The third kappa shape index (κ3) is 5.11. The highest BCUT2D eigenvalue weighted by atomic mass is 16.3. The molecule has 5 rings (SSSR count). The zero-order valence-corrected chi connectivity index (χ0v) is 20.0. The van der Waals surface area contributed by atoms with E-state index in [1.54, 1.807) is 17.2 Å². The van der Waals surface area contributed by atoms with Crippen molar-refractivity contribution >= 4 is 33.5 Å². The van der Waals surface area contributed by atoms with Gasteiger partial charge in [-0.2, -0.15) is 5.10 Å². The number of aryl methyl sites for hydroxylation is 4. The first-order valence-corrected chi connectivity index (χ1v) is 11.9. The van der Waals surface area contributed by atoms with Crippen molar-refractivity contribution in [2.24, 2.45) is 13.0 Å². The van der Waals surface area contributed by atoms with Crippen LogP contribution in [0.2, 0.25) is 0 Å². The molecule has 3 heterocycles. The molecule has 0 N–H and O–H groups in total. The normalized spacial score (nSPS) is 11.6. The minimum atomic E-state index is -0.680. The fourth-order valence-corrected chi connectivity index (χ4v) is 4.70. The average Bonchev–Trinajstić information content (AvgIpc) is 3.58. The number of furan rings is 2. The van der Waals surface area contributed by atoms with Gasteiger partial charge in [-0.05, 0) is 73.4 Å². The van der Waals surface area contributed by atoms with Crippen molar-refractivity contribution in [3.8, 4) is 0 Å². The third-order valence-electron chi connectivity index (χ3n) is 6.64. The lowest BCUT2D eigenvalue weighted by Crippen LogP contribution is -2.28. The molecule has 0 bridgehead atoms. The predicted octanol–water partition coefficient (Wildman–Crippen LogP) is 5.78. The summed E-state index contributed by atoms with van der Waals surface area (Å²) in [5.74, 6) is -0.724. The van der Waals surface area contributed by atoms with Crippen LogP contribution in [0, 0.1) is 12.8 Å². The minimum Gasteiger partial charge on any atom is -0.464 e. The second-order valence-electron chi connectivity index (χ2n) is 9.18. The first-order valence-electron chi connectivity index (χ1n) is 11.9. The van der Waals surface area contributed by atoms with E-state index in [1.807, 2.05) is 68.6 Å². The monoisotopic (exact) mass is 468 g/mol. The fourth-order valence-electron chi connectivity index (χ4n) is 4.70. The van der Waals surface area contributed by atoms with E-state index >= 15 is 0 Å². The lowest BCUT2D eigenvalue weighted by molar-refractivity contribution is -0.132. The Labute approximate surface area is 203 Å². The molecule has 0 saturated carbocycles. The van der Waals surface area contributed by atoms with Crippen LogP contribution in [0.3, 0.4) is 0 Å². The summed E-state index contributed by atoms with van der Waals surface area (Å²) in [7, 11) is 1.86. The van der Waals surface area contributed by atoms with Gasteiger partial charge in [0.2, 0.25) is 0 Å². The molecule has 0 saturated heterocycles. The fraction of sp³-hybridized carbons (Fsp3) is 0.276. The smallest absolute Gasteiger partial charge is 0.144 e. The number of Topliss-reactive ketones (excluding diaryl/α,β-unsaturated/α-hetero) is 2. The SMILES string of the molecule is Cc1cc(CC(C(=O)CCc2ccc3occc3c2)C(=O)CCc2ccc3occc3c2)n(C)n1. The Balaban J connectivity index is 1.29. The number of ketones is 2. The van der Waals surface area contributed by atoms with E-state index in [2.05, 4.69) is 5.10 Å². The number of rotatable bonds is 10. The van der Waals surface area contributed by atoms with Gasteiger partial charge in [0, 0.05) is 42.8 Å². The second kappa shape index (κ2) is 9.74. The van der Waals surface area contributed by atoms with Crippen LogP contribution >= 0.6 is 0 Å². The van der Waals surface area contributed by atoms with Gasteiger partial charge in [0.15, 0.2) is 0 Å². The van der Waals surface area contributed by atoms with Gasteiger partial charge in [-0.1, -0.05) is 12.1 Å². The van der Waals surface area contributed by atoms with Gasteiger partial charge in [0.05, 0.1) is 24.1 Å². The molecule has 3 aromatic heterocycles. The Morgan fingerprint density at radius 3 is 1.86 bits per heavy atom. The summed E-state index contributed by atoms with van der Waals surface area (Å²) < 4.78 is 12.6. The summed E-state index contributed by atoms with van der Waals surface area (Å²) in [4.78, 5) is 26.7. The zero-order valence-electron chi connectivity index (χ0n) is 20.0. The molecule has 0 spiro atoms. The maximum atomic E-state index is 13.4. The van der Waals surface area contributed by atoms with Crippen LogP contribution in [-0.2, 0) is 35.9 Å². The molecule has 6 nitrogen and oxygen atoms in total. The Hall–Kier alpha value is -3.93. The van der Waals surface area contributed by atoms with Crippen molar-refractivity contribution in [3.05, 3.63) is 89.6 Å². The molecule has 0 aliphatic carbocycles. The van der Waals surface area contributed by atoms with Crippen molar-refractivity contribution in [2.45, 2.75) is 39.0 Å². The van der Waals surface area contributed by atoms with Crippen LogP contribution in [-0.4, -0.2) is 21.3 Å². The first-order chi connectivity index (χ1) is 17.0. The van der Waals surface area contributed by atoms with Crippen molar-refractivity contribution < 1.29 is 18.4 Å². The molecule has 178 valence electrons. The van der Waals surface area contributed by atoms with Gasteiger partial charge in [0.25, 0.3) is 0 Å². The number of carbonyl (C=O) groups excluding carboxylic acids is 2. The molecule has 35 heavy (non-hydrogen) atoms. The largest absolute Gasteiger partial charge is 0.464 e. The first kappa shape index (κ1) is 22.8. The lowest BCUT2D eigenvalue weighted by Gasteiger charge is -2.15. The van der Waals surface area contributed by atoms with Crippen molar-refractivity contribution in [1.29, 1.82) is 0 Å². The quantitative estimate of drug-likeness (QED) is 0.243. The summed E-state index contributed by atoms with van der Waals surface area (Å²) in [6.07, 6.45) is 5.51. The molecule has 0 aliphatic heterocycles. The number of hydrogen-bond donors (Lipinski definition) is 0. The zero-order chi connectivity index (χ0) is 24.4. The van der Waals surface area contributed by atoms with Gasteiger partial charge < -0.3 is 8.83 Å². The molecular weight excluding hydrogens is 440 g/mol. The van der Waals surface area contributed by atoms with Gasteiger partial charge >= 0.3 is 0 Å². The van der Waals surface area contributed by atoms with E-state index in [1.165, 1.54) is 0 Å². The van der Waals surface area contributed by atoms with Crippen LogP contribution in [0.4, 0.5) is 0 Å². The van der Waals surface area contributed by atoms with Crippen LogP contribution in [0.15, 0.2) is 76.0 Å². The molecule has 0 radical (unpaired) electrons. The van der Waals surface area contributed by atoms with Crippen LogP contribution in [0.1, 0.15) is 35.4 Å². The Morgan fingerprint density at radius 2 is 1.37 bits per heavy atom. The highest BCUT2D eigenvalue weighted by Gasteiger charge is 2.27. The molecular formula is C29H28N2O4. The number of carbonyl (C=O) groups is 2. The highest BCUT2D eigenvalue weighted by Crippen LogP contribution is 2.22. The summed E-state index contributed by atoms with van der Waals surface area (Å²) in [5, 5.41) is 6.43. The van der Waals surface area contributed by atoms with Crippen molar-refractivity contribution in [1.82, 2.24) is 9.78 Å². The molecule has 0 fully saturated rings. The van der Waals surface area contributed by atoms with Gasteiger partial charge in [-0.3, -0.25) is 14.3 Å². The minimum absolute atomic E-state index is 0.0218. The maximum Gasteiger partial charge on any atom is 0.144 e. The van der Waals surface area contributed by atoms with Crippen LogP contribution in [0.5, 0.6) is 0 Å². The van der Waals surface area contributed by atoms with Crippen LogP contribution < -0.4 is 0 Å². The van der Waals surface area contributed by atoms with E-state index in [0.29, 0.717) is 32.1 Å². The Bertz CT molecular complexity index is 1410. The third-order valence-corrected chi connectivity index (χ3v) is 6.64. The summed E-state index contributed by atoms with van der Waals surface area (Å²) in [6, 6.07) is 17.7. The molecule has 2 aromatic carbocycles. The van der Waals surface area contributed by atoms with E-state index in [9.17, 15) is 9.59 Å². The number of aromatic nitrogens is 2. The molecule has 0 amide bonds. The molecule has 0 aliphatic rings. The van der Waals surface area contributed by atoms with Crippen molar-refractivity contribution in [3.63, 3.8) is 0 Å². The van der Waals surface area contributed by atoms with E-state index in [0.717, 1.165) is 44.5 Å². The van der Waals surface area contributed by atoms with Gasteiger partial charge in [0.1, 0.15) is 22.7 Å². The number of benzene rings is 2. The predicted molar refractivity (Wildman–Crippen MR) is 134 cm³/mol. The molecule has 0 atom stereocenters. The number of hydrogen-bond acceptors (Lipinski definition) is 5. The van der Waals surface area contributed by atoms with Crippen LogP contribution in [0.25, 0.3) is 21.9 Å².